The summed E-state index contributed by atoms with van der Waals surface area (Å²) in [7, 11) is 1.68. The van der Waals surface area contributed by atoms with Crippen LogP contribution in [0.3, 0.4) is 0 Å². The van der Waals surface area contributed by atoms with Crippen LogP contribution in [-0.2, 0) is 11.2 Å². The second-order valence-electron chi connectivity index (χ2n) is 8.84. The Hall–Kier alpha value is -3.29. The summed E-state index contributed by atoms with van der Waals surface area (Å²) in [6.45, 7) is 4.92. The van der Waals surface area contributed by atoms with E-state index in [4.69, 9.17) is 0 Å². The molecule has 1 atom stereocenters. The molecule has 1 unspecified atom stereocenters. The monoisotopic (exact) mass is 444 g/mol. The van der Waals surface area contributed by atoms with Crippen LogP contribution in [-0.4, -0.2) is 37.6 Å². The van der Waals surface area contributed by atoms with Crippen molar-refractivity contribution in [2.75, 3.05) is 32.0 Å². The first-order valence-electron chi connectivity index (χ1n) is 11.7. The molecule has 1 amide bonds. The predicted molar refractivity (Wildman–Crippen MR) is 133 cm³/mol. The summed E-state index contributed by atoms with van der Waals surface area (Å²) in [5.41, 5.74) is 16.2. The largest absolute Gasteiger partial charge is 0.378 e. The number of carbonyl (C=O) groups is 1. The van der Waals surface area contributed by atoms with Gasteiger partial charge in [-0.25, -0.2) is 0 Å². The Morgan fingerprint density at radius 2 is 2.09 bits per heavy atom. The Labute approximate surface area is 195 Å². The number of fused-ring (bicyclic) bond motifs is 3. The number of hydrogen-bond donors (Lipinski definition) is 5. The van der Waals surface area contributed by atoms with Crippen LogP contribution in [0.25, 0.3) is 11.3 Å². The minimum atomic E-state index is 0.0161. The van der Waals surface area contributed by atoms with Crippen LogP contribution < -0.4 is 26.9 Å². The van der Waals surface area contributed by atoms with Crippen LogP contribution in [0, 0.1) is 0 Å². The second-order valence-corrected chi connectivity index (χ2v) is 8.84. The van der Waals surface area contributed by atoms with Gasteiger partial charge in [-0.05, 0) is 60.7 Å². The molecule has 5 rings (SSSR count). The van der Waals surface area contributed by atoms with E-state index in [1.54, 1.807) is 7.05 Å². The quantitative estimate of drug-likeness (QED) is 0.488. The molecule has 5 N–H and O–H groups in total. The van der Waals surface area contributed by atoms with Crippen LogP contribution in [0.4, 0.5) is 5.69 Å². The Balaban J connectivity index is 1.55. The third kappa shape index (κ3) is 4.34. The lowest BCUT2D eigenvalue weighted by Crippen LogP contribution is -2.38. The third-order valence-corrected chi connectivity index (χ3v) is 6.74. The van der Waals surface area contributed by atoms with E-state index < -0.39 is 0 Å². The highest BCUT2D eigenvalue weighted by Crippen LogP contribution is 2.39. The number of nitrogens with zero attached hydrogens (tertiary/aromatic N) is 1. The molecule has 2 aromatic carbocycles. The molecular weight excluding hydrogens is 412 g/mol. The third-order valence-electron chi connectivity index (χ3n) is 6.74. The van der Waals surface area contributed by atoms with E-state index in [-0.39, 0.29) is 11.9 Å². The van der Waals surface area contributed by atoms with Gasteiger partial charge in [0.2, 0.25) is 5.91 Å². The highest BCUT2D eigenvalue weighted by atomic mass is 16.1. The predicted octanol–water partition coefficient (Wildman–Crippen LogP) is 2.92. The van der Waals surface area contributed by atoms with Crippen molar-refractivity contribution in [2.45, 2.75) is 32.2 Å². The molecule has 7 nitrogen and oxygen atoms in total. The molecule has 0 saturated heterocycles. The SMILES string of the molecule is CNC(=O)Cc1ccccc1NC1CCN2NNC(C)=C2c2ccc(C3=CCNCC3)cc21. The molecule has 7 heteroatoms. The number of nitrogens with one attached hydrogen (secondary N) is 5. The standard InChI is InChI=1S/C26H32N6O/c1-17-26-21-8-7-19(18-9-12-28-13-10-18)15-22(21)24(11-14-32(26)31-30-17)29-23-6-4-3-5-20(23)16-25(33)27-2/h3-9,15,24,28-31H,10-14,16H2,1-2H3,(H,27,33). The first kappa shape index (κ1) is 21.6. The second kappa shape index (κ2) is 9.29. The molecule has 33 heavy (non-hydrogen) atoms. The van der Waals surface area contributed by atoms with Gasteiger partial charge in [-0.1, -0.05) is 36.4 Å². The highest BCUT2D eigenvalue weighted by Gasteiger charge is 2.31. The van der Waals surface area contributed by atoms with Crippen molar-refractivity contribution in [3.63, 3.8) is 0 Å². The molecular formula is C26H32N6O. The van der Waals surface area contributed by atoms with Crippen molar-refractivity contribution in [1.82, 2.24) is 26.6 Å². The van der Waals surface area contributed by atoms with Gasteiger partial charge in [0.25, 0.3) is 0 Å². The molecule has 0 aliphatic carbocycles. The first-order chi connectivity index (χ1) is 16.1. The zero-order valence-electron chi connectivity index (χ0n) is 19.3. The summed E-state index contributed by atoms with van der Waals surface area (Å²) in [5.74, 6) is 0.0161. The van der Waals surface area contributed by atoms with Crippen molar-refractivity contribution < 1.29 is 4.79 Å². The van der Waals surface area contributed by atoms with Gasteiger partial charge in [0.1, 0.15) is 0 Å². The van der Waals surface area contributed by atoms with E-state index in [1.807, 2.05) is 18.2 Å². The summed E-state index contributed by atoms with van der Waals surface area (Å²) in [5, 5.41) is 12.2. The normalized spacial score (nSPS) is 19.8. The molecule has 2 aromatic rings. The molecule has 0 fully saturated rings. The Bertz CT molecular complexity index is 1120. The zero-order chi connectivity index (χ0) is 22.8. The number of para-hydroxylation sites is 1. The van der Waals surface area contributed by atoms with Gasteiger partial charge >= 0.3 is 0 Å². The van der Waals surface area contributed by atoms with Crippen LogP contribution in [0.15, 0.2) is 54.2 Å². The fourth-order valence-corrected chi connectivity index (χ4v) is 4.96. The van der Waals surface area contributed by atoms with Gasteiger partial charge in [-0.15, -0.1) is 5.53 Å². The van der Waals surface area contributed by atoms with E-state index in [0.29, 0.717) is 6.42 Å². The average molecular weight is 445 g/mol. The summed E-state index contributed by atoms with van der Waals surface area (Å²) in [6.07, 6.45) is 4.64. The van der Waals surface area contributed by atoms with Crippen molar-refractivity contribution in [3.8, 4) is 0 Å². The molecule has 0 aromatic heterocycles. The number of carbonyl (C=O) groups excluding carboxylic acids is 1. The van der Waals surface area contributed by atoms with E-state index in [9.17, 15) is 4.79 Å². The maximum Gasteiger partial charge on any atom is 0.224 e. The highest BCUT2D eigenvalue weighted by molar-refractivity contribution is 5.80. The number of anilines is 1. The van der Waals surface area contributed by atoms with E-state index >= 15 is 0 Å². The van der Waals surface area contributed by atoms with Gasteiger partial charge in [0, 0.05) is 31.4 Å². The van der Waals surface area contributed by atoms with Gasteiger partial charge in [0.05, 0.1) is 23.9 Å². The molecule has 0 radical (unpaired) electrons. The molecule has 3 aliphatic rings. The number of benzene rings is 2. The number of rotatable bonds is 5. The number of likely N-dealkylation sites (N-methyl/N-ethyl adjacent to an activating group) is 1. The minimum absolute atomic E-state index is 0.0161. The molecule has 0 spiro atoms. The van der Waals surface area contributed by atoms with Crippen molar-refractivity contribution >= 4 is 22.9 Å². The molecule has 3 aliphatic heterocycles. The minimum Gasteiger partial charge on any atom is -0.378 e. The van der Waals surface area contributed by atoms with Gasteiger partial charge in [-0.2, -0.15) is 0 Å². The lowest BCUT2D eigenvalue weighted by atomic mass is 9.90. The lowest BCUT2D eigenvalue weighted by Gasteiger charge is -2.24. The van der Waals surface area contributed by atoms with Crippen molar-refractivity contribution in [1.29, 1.82) is 0 Å². The van der Waals surface area contributed by atoms with Gasteiger partial charge in [-0.3, -0.25) is 9.80 Å². The van der Waals surface area contributed by atoms with E-state index in [0.717, 1.165) is 49.4 Å². The topological polar surface area (TPSA) is 80.5 Å². The Morgan fingerprint density at radius 1 is 1.21 bits per heavy atom. The summed E-state index contributed by atoms with van der Waals surface area (Å²) in [6, 6.07) is 15.1. The van der Waals surface area contributed by atoms with E-state index in [1.165, 1.54) is 28.0 Å². The Morgan fingerprint density at radius 3 is 2.91 bits per heavy atom. The summed E-state index contributed by atoms with van der Waals surface area (Å²) >= 11 is 0. The lowest BCUT2D eigenvalue weighted by molar-refractivity contribution is -0.119. The maximum atomic E-state index is 12.1. The van der Waals surface area contributed by atoms with Crippen molar-refractivity contribution in [3.05, 3.63) is 76.5 Å². The van der Waals surface area contributed by atoms with Gasteiger partial charge < -0.3 is 21.4 Å². The number of hydrazine groups is 2. The fourth-order valence-electron chi connectivity index (χ4n) is 4.96. The van der Waals surface area contributed by atoms with Gasteiger partial charge in [0.15, 0.2) is 0 Å². The number of hydrogen-bond acceptors (Lipinski definition) is 6. The zero-order valence-corrected chi connectivity index (χ0v) is 19.3. The maximum absolute atomic E-state index is 12.1. The summed E-state index contributed by atoms with van der Waals surface area (Å²) < 4.78 is 0. The van der Waals surface area contributed by atoms with E-state index in [2.05, 4.69) is 69.2 Å². The van der Waals surface area contributed by atoms with Crippen LogP contribution >= 0.6 is 0 Å². The fraction of sp³-hybridized carbons (Fsp3) is 0.346. The molecule has 172 valence electrons. The molecule has 0 saturated carbocycles. The first-order valence-corrected chi connectivity index (χ1v) is 11.7. The molecule has 3 heterocycles. The summed E-state index contributed by atoms with van der Waals surface area (Å²) in [4.78, 5) is 12.1. The van der Waals surface area contributed by atoms with Crippen LogP contribution in [0.1, 0.15) is 48.1 Å². The molecule has 0 bridgehead atoms. The van der Waals surface area contributed by atoms with Crippen molar-refractivity contribution in [2.24, 2.45) is 0 Å². The average Bonchev–Trinajstić information content (AvgIpc) is 3.14. The smallest absolute Gasteiger partial charge is 0.224 e. The van der Waals surface area contributed by atoms with Crippen LogP contribution in [0.5, 0.6) is 0 Å². The van der Waals surface area contributed by atoms with Crippen LogP contribution in [0.2, 0.25) is 0 Å². The Kier molecular flexibility index (Phi) is 6.07. The number of amides is 1. The number of allylic oxidation sites excluding steroid dienone is 1.